The minimum Gasteiger partial charge on any atom is -0.322 e. The largest absolute Gasteiger partial charge is 0.322 e. The van der Waals surface area contributed by atoms with Crippen molar-refractivity contribution in [1.82, 2.24) is 4.98 Å². The molecule has 1 aromatic carbocycles. The molecule has 0 aliphatic carbocycles. The quantitative estimate of drug-likeness (QED) is 0.725. The van der Waals surface area contributed by atoms with Gasteiger partial charge in [-0.25, -0.2) is 4.98 Å². The molecule has 0 atom stereocenters. The van der Waals surface area contributed by atoms with Crippen LogP contribution in [-0.4, -0.2) is 10.9 Å². The molecule has 0 spiro atoms. The number of para-hydroxylation sites is 1. The molecule has 0 saturated carbocycles. The Hall–Kier alpha value is -1.48. The zero-order valence-electron chi connectivity index (χ0n) is 8.13. The van der Waals surface area contributed by atoms with Crippen molar-refractivity contribution < 1.29 is 0 Å². The second-order valence-electron chi connectivity index (χ2n) is 3.41. The maximum atomic E-state index is 4.62. The third kappa shape index (κ3) is 1.59. The smallest absolute Gasteiger partial charge is 0.133 e. The number of thioether (sulfide) groups is 1. The van der Waals surface area contributed by atoms with E-state index in [4.69, 9.17) is 0 Å². The minimum atomic E-state index is 0.964. The van der Waals surface area contributed by atoms with Crippen molar-refractivity contribution in [3.63, 3.8) is 0 Å². The van der Waals surface area contributed by atoms with E-state index in [1.165, 1.54) is 5.39 Å². The molecule has 0 amide bonds. The molecule has 1 aliphatic rings. The second-order valence-corrected chi connectivity index (χ2v) is 4.28. The van der Waals surface area contributed by atoms with E-state index >= 15 is 0 Å². The number of benzene rings is 1. The van der Waals surface area contributed by atoms with Gasteiger partial charge in [-0.2, -0.15) is 0 Å². The van der Waals surface area contributed by atoms with Crippen molar-refractivity contribution >= 4 is 28.5 Å². The van der Waals surface area contributed by atoms with E-state index in [2.05, 4.69) is 39.7 Å². The van der Waals surface area contributed by atoms with Gasteiger partial charge in [0, 0.05) is 11.6 Å². The van der Waals surface area contributed by atoms with Gasteiger partial charge in [0.25, 0.3) is 0 Å². The van der Waals surface area contributed by atoms with E-state index in [1.54, 1.807) is 11.8 Å². The third-order valence-corrected chi connectivity index (χ3v) is 3.17. The first kappa shape index (κ1) is 8.80. The van der Waals surface area contributed by atoms with Crippen molar-refractivity contribution in [3.05, 3.63) is 48.0 Å². The monoisotopic (exact) mass is 214 g/mol. The van der Waals surface area contributed by atoms with E-state index in [9.17, 15) is 0 Å². The van der Waals surface area contributed by atoms with Crippen LogP contribution in [0.3, 0.4) is 0 Å². The molecule has 2 nitrogen and oxygen atoms in total. The molecule has 3 rings (SSSR count). The summed E-state index contributed by atoms with van der Waals surface area (Å²) in [5.74, 6) is 1.99. The Bertz CT molecular complexity index is 522. The van der Waals surface area contributed by atoms with Gasteiger partial charge < -0.3 is 4.90 Å². The van der Waals surface area contributed by atoms with Crippen LogP contribution in [-0.2, 0) is 0 Å². The fourth-order valence-electron chi connectivity index (χ4n) is 1.64. The van der Waals surface area contributed by atoms with Crippen LogP contribution in [0.25, 0.3) is 10.9 Å². The average Bonchev–Trinajstić information content (AvgIpc) is 2.82. The Morgan fingerprint density at radius 3 is 2.93 bits per heavy atom. The van der Waals surface area contributed by atoms with Crippen LogP contribution in [0.15, 0.2) is 48.0 Å². The van der Waals surface area contributed by atoms with Crippen molar-refractivity contribution in [1.29, 1.82) is 0 Å². The highest BCUT2D eigenvalue weighted by molar-refractivity contribution is 8.02. The normalized spacial score (nSPS) is 15.1. The maximum Gasteiger partial charge on any atom is 0.133 e. The van der Waals surface area contributed by atoms with Gasteiger partial charge in [-0.05, 0) is 23.6 Å². The first-order valence-corrected chi connectivity index (χ1v) is 5.89. The number of fused-ring (bicyclic) bond motifs is 1. The van der Waals surface area contributed by atoms with Gasteiger partial charge in [-0.15, -0.1) is 11.8 Å². The molecule has 0 bridgehead atoms. The van der Waals surface area contributed by atoms with Crippen molar-refractivity contribution in [2.45, 2.75) is 0 Å². The van der Waals surface area contributed by atoms with E-state index in [0.717, 1.165) is 17.2 Å². The molecular formula is C12H10N2S. The minimum absolute atomic E-state index is 0.964. The number of rotatable bonds is 1. The molecule has 2 aromatic rings. The highest BCUT2D eigenvalue weighted by atomic mass is 32.2. The van der Waals surface area contributed by atoms with Crippen molar-refractivity contribution in [2.75, 3.05) is 10.8 Å². The van der Waals surface area contributed by atoms with E-state index in [-0.39, 0.29) is 0 Å². The Labute approximate surface area is 92.6 Å². The predicted molar refractivity (Wildman–Crippen MR) is 65.8 cm³/mol. The summed E-state index contributed by atoms with van der Waals surface area (Å²) in [4.78, 5) is 6.77. The maximum absolute atomic E-state index is 4.62. The lowest BCUT2D eigenvalue weighted by Crippen LogP contribution is -2.12. The zero-order valence-corrected chi connectivity index (χ0v) is 8.95. The van der Waals surface area contributed by atoms with Gasteiger partial charge in [0.15, 0.2) is 0 Å². The number of hydrogen-bond donors (Lipinski definition) is 0. The molecule has 2 heterocycles. The van der Waals surface area contributed by atoms with Gasteiger partial charge >= 0.3 is 0 Å². The summed E-state index contributed by atoms with van der Waals surface area (Å²) in [5, 5.41) is 3.29. The summed E-state index contributed by atoms with van der Waals surface area (Å²) in [6, 6.07) is 12.4. The molecule has 1 aliphatic heterocycles. The highest BCUT2D eigenvalue weighted by Gasteiger charge is 2.08. The summed E-state index contributed by atoms with van der Waals surface area (Å²) in [6.07, 6.45) is 2.07. The average molecular weight is 214 g/mol. The molecule has 0 N–H and O–H groups in total. The van der Waals surface area contributed by atoms with Crippen LogP contribution >= 0.6 is 11.8 Å². The van der Waals surface area contributed by atoms with Crippen molar-refractivity contribution in [3.8, 4) is 0 Å². The lowest BCUT2D eigenvalue weighted by atomic mass is 10.2. The molecule has 0 unspecified atom stereocenters. The third-order valence-electron chi connectivity index (χ3n) is 2.43. The van der Waals surface area contributed by atoms with Crippen LogP contribution in [0.1, 0.15) is 0 Å². The summed E-state index contributed by atoms with van der Waals surface area (Å²) >= 11 is 1.79. The number of pyridine rings is 1. The fraction of sp³-hybridized carbons (Fsp3) is 0.0833. The Kier molecular flexibility index (Phi) is 2.10. The number of nitrogens with zero attached hydrogens (tertiary/aromatic N) is 2. The van der Waals surface area contributed by atoms with Crippen LogP contribution < -0.4 is 4.90 Å². The molecule has 15 heavy (non-hydrogen) atoms. The van der Waals surface area contributed by atoms with Crippen molar-refractivity contribution in [2.24, 2.45) is 0 Å². The summed E-state index contributed by atoms with van der Waals surface area (Å²) in [7, 11) is 0. The summed E-state index contributed by atoms with van der Waals surface area (Å²) < 4.78 is 0. The van der Waals surface area contributed by atoms with E-state index in [1.807, 2.05) is 18.2 Å². The van der Waals surface area contributed by atoms with E-state index in [0.29, 0.717) is 0 Å². The topological polar surface area (TPSA) is 16.1 Å². The first-order valence-electron chi connectivity index (χ1n) is 4.84. The molecule has 1 aromatic heterocycles. The highest BCUT2D eigenvalue weighted by Crippen LogP contribution is 2.24. The summed E-state index contributed by atoms with van der Waals surface area (Å²) in [5.41, 5.74) is 1.06. The number of aromatic nitrogens is 1. The SMILES string of the molecule is C1=CN(c2ccc3ccccc3n2)CS1. The molecule has 74 valence electrons. The Morgan fingerprint density at radius 1 is 1.13 bits per heavy atom. The Balaban J connectivity index is 2.09. The standard InChI is InChI=1S/C12H10N2S/c1-2-4-11-10(3-1)5-6-12(13-11)14-7-8-15-9-14/h1-8H,9H2. The van der Waals surface area contributed by atoms with Gasteiger partial charge in [-0.1, -0.05) is 18.2 Å². The molecule has 0 radical (unpaired) electrons. The molecule has 0 fully saturated rings. The van der Waals surface area contributed by atoms with Gasteiger partial charge in [0.1, 0.15) is 5.82 Å². The van der Waals surface area contributed by atoms with Crippen LogP contribution in [0.5, 0.6) is 0 Å². The van der Waals surface area contributed by atoms with Gasteiger partial charge in [0.05, 0.1) is 11.4 Å². The van der Waals surface area contributed by atoms with Gasteiger partial charge in [-0.3, -0.25) is 0 Å². The van der Waals surface area contributed by atoms with Crippen LogP contribution in [0.4, 0.5) is 5.82 Å². The zero-order chi connectivity index (χ0) is 10.1. The molecule has 3 heteroatoms. The predicted octanol–water partition coefficient (Wildman–Crippen LogP) is 3.22. The van der Waals surface area contributed by atoms with Crippen LogP contribution in [0.2, 0.25) is 0 Å². The van der Waals surface area contributed by atoms with Crippen LogP contribution in [0, 0.1) is 0 Å². The van der Waals surface area contributed by atoms with Gasteiger partial charge in [0.2, 0.25) is 0 Å². The fourth-order valence-corrected chi connectivity index (χ4v) is 2.34. The number of hydrogen-bond acceptors (Lipinski definition) is 3. The Morgan fingerprint density at radius 2 is 2.07 bits per heavy atom. The lowest BCUT2D eigenvalue weighted by Gasteiger charge is -2.13. The number of anilines is 1. The second kappa shape index (κ2) is 3.59. The molecular weight excluding hydrogens is 204 g/mol. The van der Waals surface area contributed by atoms with E-state index < -0.39 is 0 Å². The summed E-state index contributed by atoms with van der Waals surface area (Å²) in [6.45, 7) is 0. The molecule has 0 saturated heterocycles. The lowest BCUT2D eigenvalue weighted by molar-refractivity contribution is 1.13. The first-order chi connectivity index (χ1) is 7.43.